The Kier molecular flexibility index (Phi) is 11.6. The number of alkyl halides is 3. The van der Waals surface area contributed by atoms with Gasteiger partial charge in [0.25, 0.3) is 5.91 Å². The van der Waals surface area contributed by atoms with E-state index >= 15 is 0 Å². The number of hydrogen-bond acceptors (Lipinski definition) is 6. The first-order valence-corrected chi connectivity index (χ1v) is 13.9. The van der Waals surface area contributed by atoms with E-state index in [-0.39, 0.29) is 6.42 Å². The fourth-order valence-corrected chi connectivity index (χ4v) is 6.09. The number of allylic oxidation sites excluding steroid dienone is 3. The molecule has 8 nitrogen and oxygen atoms in total. The molecule has 0 spiro atoms. The lowest BCUT2D eigenvalue weighted by Gasteiger charge is -2.27. The topological polar surface area (TPSA) is 104 Å². The predicted molar refractivity (Wildman–Crippen MR) is 140 cm³/mol. The Bertz CT molecular complexity index is 1020. The normalized spacial score (nSPS) is 18.8. The number of carbonyl (C=O) groups is 2. The summed E-state index contributed by atoms with van der Waals surface area (Å²) in [5.41, 5.74) is 1.52. The molecular weight excluding hydrogens is 520 g/mol. The third-order valence-electron chi connectivity index (χ3n) is 6.66. The van der Waals surface area contributed by atoms with Crippen molar-refractivity contribution in [3.63, 3.8) is 0 Å². The lowest BCUT2D eigenvalue weighted by Crippen LogP contribution is -2.44. The van der Waals surface area contributed by atoms with Gasteiger partial charge in [-0.3, -0.25) is 9.78 Å². The van der Waals surface area contributed by atoms with E-state index in [2.05, 4.69) is 32.7 Å². The number of amides is 1. The molecule has 3 N–H and O–H groups in total. The van der Waals surface area contributed by atoms with E-state index in [4.69, 9.17) is 4.74 Å². The van der Waals surface area contributed by atoms with Crippen LogP contribution in [0.4, 0.5) is 13.2 Å². The Morgan fingerprint density at radius 1 is 1.32 bits per heavy atom. The number of aliphatic carboxylic acids is 1. The summed E-state index contributed by atoms with van der Waals surface area (Å²) in [6, 6.07) is -0.643. The minimum absolute atomic E-state index is 0.0434. The van der Waals surface area contributed by atoms with E-state index < -0.39 is 35.2 Å². The van der Waals surface area contributed by atoms with E-state index in [1.54, 1.807) is 7.11 Å². The maximum Gasteiger partial charge on any atom is 0.417 e. The predicted octanol–water partition coefficient (Wildman–Crippen LogP) is 4.00. The van der Waals surface area contributed by atoms with Crippen molar-refractivity contribution in [2.75, 3.05) is 39.9 Å². The molecule has 1 amide bonds. The third kappa shape index (κ3) is 9.06. The molecule has 0 radical (unpaired) electrons. The largest absolute Gasteiger partial charge is 0.480 e. The highest BCUT2D eigenvalue weighted by Crippen LogP contribution is 2.40. The number of unbranched alkanes of at least 4 members (excludes halogenated alkanes) is 1. The van der Waals surface area contributed by atoms with Crippen LogP contribution < -0.4 is 10.6 Å². The Labute approximate surface area is 222 Å². The molecule has 0 bridgehead atoms. The smallest absolute Gasteiger partial charge is 0.417 e. The van der Waals surface area contributed by atoms with Gasteiger partial charge in [0.05, 0.1) is 17.7 Å². The molecule has 0 aromatic carbocycles. The monoisotopic (exact) mass is 556 g/mol. The van der Waals surface area contributed by atoms with E-state index in [1.165, 1.54) is 17.4 Å². The molecule has 3 heterocycles. The number of hydrogen-bond donors (Lipinski definition) is 3. The summed E-state index contributed by atoms with van der Waals surface area (Å²) >= 11 is 0. The molecule has 2 aliphatic rings. The van der Waals surface area contributed by atoms with Crippen LogP contribution in [0.1, 0.15) is 54.4 Å². The number of carboxylic acids is 1. The van der Waals surface area contributed by atoms with Gasteiger partial charge in [0.1, 0.15) is 6.04 Å². The summed E-state index contributed by atoms with van der Waals surface area (Å²) in [5.74, 6) is -2.43. The number of ether oxygens (including phenoxy) is 1. The van der Waals surface area contributed by atoms with Crippen LogP contribution in [0, 0.1) is 0 Å². The van der Waals surface area contributed by atoms with Crippen LogP contribution in [0.5, 0.6) is 0 Å². The summed E-state index contributed by atoms with van der Waals surface area (Å²) in [6.45, 7) is 3.18. The summed E-state index contributed by atoms with van der Waals surface area (Å²) < 4.78 is 45.0. The highest BCUT2D eigenvalue weighted by molar-refractivity contribution is 7.44. The molecule has 12 heteroatoms. The average Bonchev–Trinajstić information content (AvgIpc) is 2.90. The zero-order valence-electron chi connectivity index (χ0n) is 21.5. The van der Waals surface area contributed by atoms with Gasteiger partial charge in [-0.1, -0.05) is 27.2 Å². The second-order valence-corrected chi connectivity index (χ2v) is 11.0. The van der Waals surface area contributed by atoms with Crippen molar-refractivity contribution < 1.29 is 32.6 Å². The number of pyridine rings is 1. The molecule has 1 aromatic rings. The van der Waals surface area contributed by atoms with Gasteiger partial charge >= 0.3 is 12.1 Å². The Balaban J connectivity index is 1.49. The van der Waals surface area contributed by atoms with Crippen LogP contribution in [-0.2, 0) is 15.7 Å². The molecule has 210 valence electrons. The molecule has 38 heavy (non-hydrogen) atoms. The average molecular weight is 557 g/mol. The Morgan fingerprint density at radius 3 is 2.87 bits per heavy atom. The molecule has 1 aromatic heterocycles. The van der Waals surface area contributed by atoms with E-state index in [0.717, 1.165) is 59.7 Å². The van der Waals surface area contributed by atoms with Crippen LogP contribution in [0.25, 0.3) is 0 Å². The number of methoxy groups -OCH3 is 1. The van der Waals surface area contributed by atoms with Crippen LogP contribution >= 0.6 is 8.58 Å². The number of carboxylic acid groups (broad SMARTS) is 1. The first kappa shape index (κ1) is 30.1. The maximum absolute atomic E-state index is 13.3. The zero-order chi connectivity index (χ0) is 27.5. The molecule has 3 rings (SSSR count). The number of carbonyl (C=O) groups excluding carboxylic acids is 1. The van der Waals surface area contributed by atoms with Crippen LogP contribution in [0.15, 0.2) is 41.6 Å². The molecule has 0 fully saturated rings. The fourth-order valence-electron chi connectivity index (χ4n) is 4.56. The number of nitrogens with one attached hydrogen (secondary N) is 2. The highest BCUT2D eigenvalue weighted by atomic mass is 31.1. The van der Waals surface area contributed by atoms with Gasteiger partial charge in [-0.25, -0.2) is 4.79 Å². The molecule has 0 aliphatic carbocycles. The van der Waals surface area contributed by atoms with E-state index in [9.17, 15) is 27.9 Å². The summed E-state index contributed by atoms with van der Waals surface area (Å²) in [5, 5.41) is 15.4. The molecule has 3 atom stereocenters. The minimum atomic E-state index is -4.76. The minimum Gasteiger partial charge on any atom is -0.480 e. The van der Waals surface area contributed by atoms with Gasteiger partial charge in [-0.15, -0.1) is 0 Å². The van der Waals surface area contributed by atoms with E-state index in [1.807, 2.05) is 0 Å². The fraction of sp³-hybridized carbons (Fsp3) is 0.577. The van der Waals surface area contributed by atoms with Gasteiger partial charge < -0.3 is 25.4 Å². The van der Waals surface area contributed by atoms with Gasteiger partial charge in [-0.05, 0) is 50.3 Å². The number of aromatic nitrogens is 1. The summed E-state index contributed by atoms with van der Waals surface area (Å²) in [4.78, 5) is 30.0. The summed E-state index contributed by atoms with van der Waals surface area (Å²) in [6.07, 6.45) is 6.95. The number of nitrogens with zero attached hydrogens (tertiary/aromatic N) is 2. The molecular formula is C26H36F3N4O4P. The van der Waals surface area contributed by atoms with Crippen molar-refractivity contribution in [2.24, 2.45) is 0 Å². The number of rotatable bonds is 14. The van der Waals surface area contributed by atoms with Gasteiger partial charge in [0.2, 0.25) is 0 Å². The van der Waals surface area contributed by atoms with Gasteiger partial charge in [-0.2, -0.15) is 13.2 Å². The van der Waals surface area contributed by atoms with Crippen molar-refractivity contribution in [2.45, 2.75) is 56.4 Å². The molecule has 3 unspecified atom stereocenters. The second-order valence-electron chi connectivity index (χ2n) is 9.44. The number of halogens is 3. The van der Waals surface area contributed by atoms with Gasteiger partial charge in [0, 0.05) is 50.2 Å². The third-order valence-corrected chi connectivity index (χ3v) is 8.30. The van der Waals surface area contributed by atoms with Crippen molar-refractivity contribution in [3.05, 3.63) is 52.8 Å². The lowest BCUT2D eigenvalue weighted by molar-refractivity contribution is -0.139. The van der Waals surface area contributed by atoms with Crippen molar-refractivity contribution in [1.82, 2.24) is 20.5 Å². The zero-order valence-corrected chi connectivity index (χ0v) is 22.5. The van der Waals surface area contributed by atoms with Gasteiger partial charge in [0.15, 0.2) is 0 Å². The molecule has 0 saturated heterocycles. The highest BCUT2D eigenvalue weighted by Gasteiger charge is 2.36. The first-order valence-electron chi connectivity index (χ1n) is 12.9. The Hall–Kier alpha value is -2.49. The lowest BCUT2D eigenvalue weighted by atomic mass is 10.1. The quantitative estimate of drug-likeness (QED) is 0.235. The first-order chi connectivity index (χ1) is 18.2. The van der Waals surface area contributed by atoms with Crippen LogP contribution in [0.3, 0.4) is 0 Å². The standard InChI is InChI=1S/C26H36F3N4O4P/c1-37-16-15-33(13-3-2-6-19-8-7-18-5-4-11-31-24(18)38-19)14-10-22(25(35)36)32-23(34)20-17-30-12-9-21(20)26(27,28)29/h7-9,12,17,19,22,31,38H,2-6,10-11,13-16H2,1H3,(H,32,34)(H,35,36). The Morgan fingerprint density at radius 2 is 2.13 bits per heavy atom. The van der Waals surface area contributed by atoms with E-state index in [0.29, 0.717) is 31.4 Å². The SMILES string of the molecule is COCCN(CCCCC1C=CC2=C(NCCC2)P1)CCC(NC(=O)c1cnccc1C(F)(F)F)C(=O)O. The molecule has 0 saturated carbocycles. The van der Waals surface area contributed by atoms with Crippen molar-refractivity contribution in [3.8, 4) is 0 Å². The molecule has 2 aliphatic heterocycles. The van der Waals surface area contributed by atoms with Crippen molar-refractivity contribution in [1.29, 1.82) is 0 Å². The second kappa shape index (κ2) is 14.6. The van der Waals surface area contributed by atoms with Crippen LogP contribution in [-0.4, -0.2) is 78.5 Å². The summed E-state index contributed by atoms with van der Waals surface area (Å²) in [7, 11) is 2.36. The van der Waals surface area contributed by atoms with Crippen LogP contribution in [0.2, 0.25) is 0 Å². The van der Waals surface area contributed by atoms with Crippen molar-refractivity contribution >= 4 is 20.5 Å². The maximum atomic E-state index is 13.3.